The fourth-order valence-corrected chi connectivity index (χ4v) is 5.11. The van der Waals surface area contributed by atoms with Crippen LogP contribution in [0, 0.1) is 5.92 Å². The number of hydrazone groups is 1. The van der Waals surface area contributed by atoms with Crippen molar-refractivity contribution in [3.05, 3.63) is 64.7 Å². The first-order valence-corrected chi connectivity index (χ1v) is 13.3. The van der Waals surface area contributed by atoms with Crippen LogP contribution in [-0.4, -0.2) is 85.4 Å². The first-order chi connectivity index (χ1) is 18.0. The normalized spacial score (nSPS) is 20.0. The number of carbonyl (C=O) groups excluding carboxylic acids is 2. The highest BCUT2D eigenvalue weighted by Crippen LogP contribution is 2.36. The molecule has 8 nitrogen and oxygen atoms in total. The Balaban J connectivity index is 1.37. The Labute approximate surface area is 222 Å². The van der Waals surface area contributed by atoms with E-state index in [0.29, 0.717) is 31.2 Å². The standard InChI is InChI=1S/C28H33ClN4O4/c1-36-22-10-8-20(9-11-22)26-18-25(23-4-2-3-5-24(23)29)30-33(26)27(34)19-32(28(35)21-6-7-21)13-12-31-14-16-37-17-15-31/h2-5,8-11,21,26H,6-7,12-19H2,1H3/t26-/m1/s1. The zero-order chi connectivity index (χ0) is 25.8. The predicted octanol–water partition coefficient (Wildman–Crippen LogP) is 3.60. The molecule has 1 saturated heterocycles. The first kappa shape index (κ1) is 25.7. The summed E-state index contributed by atoms with van der Waals surface area (Å²) < 4.78 is 10.8. The number of hydrogen-bond donors (Lipinski definition) is 0. The summed E-state index contributed by atoms with van der Waals surface area (Å²) in [6.45, 7) is 4.34. The number of rotatable bonds is 9. The summed E-state index contributed by atoms with van der Waals surface area (Å²) in [5, 5.41) is 6.90. The van der Waals surface area contributed by atoms with E-state index >= 15 is 0 Å². The molecule has 0 bridgehead atoms. The van der Waals surface area contributed by atoms with Gasteiger partial charge in [-0.3, -0.25) is 14.5 Å². The molecule has 0 radical (unpaired) electrons. The van der Waals surface area contributed by atoms with Crippen molar-refractivity contribution < 1.29 is 19.1 Å². The number of amides is 2. The van der Waals surface area contributed by atoms with Gasteiger partial charge < -0.3 is 14.4 Å². The molecule has 1 atom stereocenters. The zero-order valence-electron chi connectivity index (χ0n) is 21.1. The Bertz CT molecular complexity index is 1150. The van der Waals surface area contributed by atoms with E-state index in [2.05, 4.69) is 4.90 Å². The Kier molecular flexibility index (Phi) is 8.08. The topological polar surface area (TPSA) is 74.7 Å². The first-order valence-electron chi connectivity index (χ1n) is 12.9. The van der Waals surface area contributed by atoms with E-state index in [4.69, 9.17) is 26.2 Å². The summed E-state index contributed by atoms with van der Waals surface area (Å²) in [5.74, 6) is 0.655. The number of methoxy groups -OCH3 is 1. The maximum absolute atomic E-state index is 13.8. The maximum atomic E-state index is 13.8. The lowest BCUT2D eigenvalue weighted by Gasteiger charge is -2.31. The highest BCUT2D eigenvalue weighted by molar-refractivity contribution is 6.34. The summed E-state index contributed by atoms with van der Waals surface area (Å²) in [5.41, 5.74) is 2.53. The molecule has 2 aliphatic heterocycles. The number of morpholine rings is 1. The van der Waals surface area contributed by atoms with Crippen LogP contribution in [0.2, 0.25) is 5.02 Å². The molecule has 3 aliphatic rings. The lowest BCUT2D eigenvalue weighted by molar-refractivity contribution is -0.142. The van der Waals surface area contributed by atoms with Crippen molar-refractivity contribution in [1.29, 1.82) is 0 Å². The van der Waals surface area contributed by atoms with Crippen molar-refractivity contribution in [1.82, 2.24) is 14.8 Å². The van der Waals surface area contributed by atoms with Crippen LogP contribution in [0.15, 0.2) is 53.6 Å². The summed E-state index contributed by atoms with van der Waals surface area (Å²) in [6.07, 6.45) is 2.33. The van der Waals surface area contributed by atoms with Gasteiger partial charge in [0.1, 0.15) is 12.3 Å². The minimum absolute atomic E-state index is 0.00559. The Morgan fingerprint density at radius 3 is 2.51 bits per heavy atom. The number of halogens is 1. The second kappa shape index (κ2) is 11.6. The SMILES string of the molecule is COc1ccc([C@H]2CC(c3ccccc3Cl)=NN2C(=O)CN(CCN2CCOCC2)C(=O)C2CC2)cc1. The largest absolute Gasteiger partial charge is 0.497 e. The number of benzene rings is 2. The summed E-state index contributed by atoms with van der Waals surface area (Å²) >= 11 is 6.48. The van der Waals surface area contributed by atoms with E-state index in [1.165, 1.54) is 0 Å². The average molecular weight is 525 g/mol. The molecule has 0 spiro atoms. The fourth-order valence-electron chi connectivity index (χ4n) is 4.86. The number of nitrogens with zero attached hydrogens (tertiary/aromatic N) is 4. The Hall–Kier alpha value is -2.94. The van der Waals surface area contributed by atoms with Gasteiger partial charge in [-0.15, -0.1) is 0 Å². The van der Waals surface area contributed by atoms with Gasteiger partial charge in [0.2, 0.25) is 5.91 Å². The molecule has 0 aromatic heterocycles. The van der Waals surface area contributed by atoms with Crippen molar-refractivity contribution in [3.63, 3.8) is 0 Å². The van der Waals surface area contributed by atoms with Gasteiger partial charge in [0, 0.05) is 49.1 Å². The molecular formula is C28H33ClN4O4. The Morgan fingerprint density at radius 2 is 1.84 bits per heavy atom. The highest BCUT2D eigenvalue weighted by atomic mass is 35.5. The molecule has 2 fully saturated rings. The lowest BCUT2D eigenvalue weighted by Crippen LogP contribution is -2.47. The van der Waals surface area contributed by atoms with Crippen LogP contribution in [0.5, 0.6) is 5.75 Å². The van der Waals surface area contributed by atoms with Crippen LogP contribution in [0.25, 0.3) is 0 Å². The van der Waals surface area contributed by atoms with E-state index in [-0.39, 0.29) is 30.3 Å². The number of carbonyl (C=O) groups is 2. The summed E-state index contributed by atoms with van der Waals surface area (Å²) in [6, 6.07) is 14.9. The molecule has 196 valence electrons. The van der Waals surface area contributed by atoms with E-state index in [0.717, 1.165) is 55.1 Å². The van der Waals surface area contributed by atoms with Gasteiger partial charge in [-0.2, -0.15) is 5.10 Å². The fraction of sp³-hybridized carbons (Fsp3) is 0.464. The van der Waals surface area contributed by atoms with Crippen LogP contribution in [-0.2, 0) is 14.3 Å². The molecule has 2 amide bonds. The number of hydrogen-bond acceptors (Lipinski definition) is 6. The molecular weight excluding hydrogens is 492 g/mol. The minimum atomic E-state index is -0.290. The molecule has 37 heavy (non-hydrogen) atoms. The molecule has 1 saturated carbocycles. The van der Waals surface area contributed by atoms with Crippen molar-refractivity contribution in [3.8, 4) is 5.75 Å². The van der Waals surface area contributed by atoms with Gasteiger partial charge in [0.15, 0.2) is 0 Å². The minimum Gasteiger partial charge on any atom is -0.497 e. The molecule has 5 rings (SSSR count). The van der Waals surface area contributed by atoms with E-state index in [1.54, 1.807) is 17.0 Å². The van der Waals surface area contributed by atoms with E-state index in [1.807, 2.05) is 48.5 Å². The summed E-state index contributed by atoms with van der Waals surface area (Å²) in [7, 11) is 1.63. The van der Waals surface area contributed by atoms with Gasteiger partial charge in [-0.05, 0) is 36.6 Å². The third kappa shape index (κ3) is 6.14. The second-order valence-corrected chi connectivity index (χ2v) is 10.2. The zero-order valence-corrected chi connectivity index (χ0v) is 21.9. The van der Waals surface area contributed by atoms with E-state index in [9.17, 15) is 9.59 Å². The monoisotopic (exact) mass is 524 g/mol. The number of ether oxygens (including phenoxy) is 2. The van der Waals surface area contributed by atoms with Gasteiger partial charge in [0.25, 0.3) is 5.91 Å². The second-order valence-electron chi connectivity index (χ2n) is 9.75. The molecule has 9 heteroatoms. The third-order valence-electron chi connectivity index (χ3n) is 7.21. The van der Waals surface area contributed by atoms with Gasteiger partial charge in [-0.25, -0.2) is 5.01 Å². The van der Waals surface area contributed by atoms with Crippen molar-refractivity contribution in [2.24, 2.45) is 11.0 Å². The smallest absolute Gasteiger partial charge is 0.262 e. The Morgan fingerprint density at radius 1 is 1.11 bits per heavy atom. The van der Waals surface area contributed by atoms with Crippen LogP contribution >= 0.6 is 11.6 Å². The van der Waals surface area contributed by atoms with Crippen LogP contribution in [0.3, 0.4) is 0 Å². The van der Waals surface area contributed by atoms with Crippen molar-refractivity contribution in [2.45, 2.75) is 25.3 Å². The lowest BCUT2D eigenvalue weighted by atomic mass is 9.98. The molecule has 2 aromatic rings. The molecule has 0 unspecified atom stereocenters. The van der Waals surface area contributed by atoms with Crippen molar-refractivity contribution in [2.75, 3.05) is 53.0 Å². The van der Waals surface area contributed by atoms with Crippen LogP contribution in [0.4, 0.5) is 0 Å². The highest BCUT2D eigenvalue weighted by Gasteiger charge is 2.38. The van der Waals surface area contributed by atoms with E-state index < -0.39 is 0 Å². The molecule has 1 aliphatic carbocycles. The van der Waals surface area contributed by atoms with Crippen LogP contribution in [0.1, 0.15) is 36.4 Å². The molecule has 2 heterocycles. The third-order valence-corrected chi connectivity index (χ3v) is 7.54. The predicted molar refractivity (Wildman–Crippen MR) is 142 cm³/mol. The maximum Gasteiger partial charge on any atom is 0.262 e. The molecule has 2 aromatic carbocycles. The average Bonchev–Trinajstić information content (AvgIpc) is 3.69. The van der Waals surface area contributed by atoms with Crippen molar-refractivity contribution >= 4 is 29.1 Å². The van der Waals surface area contributed by atoms with Gasteiger partial charge >= 0.3 is 0 Å². The van der Waals surface area contributed by atoms with Gasteiger partial charge in [-0.1, -0.05) is 41.9 Å². The van der Waals surface area contributed by atoms with Crippen LogP contribution < -0.4 is 4.74 Å². The quantitative estimate of drug-likeness (QED) is 0.501. The summed E-state index contributed by atoms with van der Waals surface area (Å²) in [4.78, 5) is 30.9. The molecule has 0 N–H and O–H groups in total. The van der Waals surface area contributed by atoms with Gasteiger partial charge in [0.05, 0.1) is 32.1 Å².